The number of halogens is 1. The molecule has 6 nitrogen and oxygen atoms in total. The van der Waals surface area contributed by atoms with Crippen molar-refractivity contribution in [3.63, 3.8) is 0 Å². The molecular formula is C16H19ClN2O4S. The van der Waals surface area contributed by atoms with E-state index in [1.165, 1.54) is 38.5 Å². The molecule has 2 aromatic carbocycles. The van der Waals surface area contributed by atoms with E-state index in [-0.39, 0.29) is 15.6 Å². The molecule has 0 bridgehead atoms. The average molecular weight is 371 g/mol. The fraction of sp³-hybridized carbons (Fsp3) is 0.250. The van der Waals surface area contributed by atoms with Crippen molar-refractivity contribution in [2.24, 2.45) is 0 Å². The molecule has 24 heavy (non-hydrogen) atoms. The van der Waals surface area contributed by atoms with Gasteiger partial charge in [-0.2, -0.15) is 0 Å². The molecule has 8 heteroatoms. The molecule has 0 saturated carbocycles. The summed E-state index contributed by atoms with van der Waals surface area (Å²) in [6.07, 6.45) is 0. The lowest BCUT2D eigenvalue weighted by molar-refractivity contribution is 0.396. The van der Waals surface area contributed by atoms with Crippen LogP contribution in [0.3, 0.4) is 0 Å². The van der Waals surface area contributed by atoms with Crippen LogP contribution in [0, 0.1) is 0 Å². The van der Waals surface area contributed by atoms with E-state index >= 15 is 0 Å². The van der Waals surface area contributed by atoms with Crippen LogP contribution in [0.5, 0.6) is 11.5 Å². The van der Waals surface area contributed by atoms with Gasteiger partial charge in [0.1, 0.15) is 11.5 Å². The summed E-state index contributed by atoms with van der Waals surface area (Å²) >= 11 is 6.07. The lowest BCUT2D eigenvalue weighted by Gasteiger charge is -2.15. The van der Waals surface area contributed by atoms with Crippen molar-refractivity contribution in [2.45, 2.75) is 4.90 Å². The van der Waals surface area contributed by atoms with Crippen LogP contribution in [0.4, 0.5) is 11.4 Å². The Labute approximate surface area is 147 Å². The van der Waals surface area contributed by atoms with Gasteiger partial charge >= 0.3 is 0 Å². The third kappa shape index (κ3) is 3.85. The Hall–Kier alpha value is -2.12. The van der Waals surface area contributed by atoms with Gasteiger partial charge in [-0.3, -0.25) is 4.72 Å². The molecule has 130 valence electrons. The zero-order valence-electron chi connectivity index (χ0n) is 13.8. The van der Waals surface area contributed by atoms with Gasteiger partial charge in [-0.25, -0.2) is 8.42 Å². The van der Waals surface area contributed by atoms with Crippen LogP contribution < -0.4 is 19.1 Å². The van der Waals surface area contributed by atoms with Gasteiger partial charge in [0.15, 0.2) is 0 Å². The molecule has 0 unspecified atom stereocenters. The van der Waals surface area contributed by atoms with Crippen LogP contribution in [-0.4, -0.2) is 36.7 Å². The van der Waals surface area contributed by atoms with E-state index in [0.717, 1.165) is 5.69 Å². The normalized spacial score (nSPS) is 11.0. The number of sulfonamides is 1. The molecule has 2 aromatic rings. The maximum atomic E-state index is 12.6. The van der Waals surface area contributed by atoms with Gasteiger partial charge in [0.05, 0.1) is 29.8 Å². The number of rotatable bonds is 6. The third-order valence-corrected chi connectivity index (χ3v) is 5.06. The predicted octanol–water partition coefficient (Wildman–Crippen LogP) is 3.22. The van der Waals surface area contributed by atoms with Crippen molar-refractivity contribution in [1.29, 1.82) is 0 Å². The molecule has 0 aliphatic carbocycles. The molecule has 0 amide bonds. The van der Waals surface area contributed by atoms with Gasteiger partial charge in [-0.05, 0) is 30.3 Å². The van der Waals surface area contributed by atoms with E-state index in [4.69, 9.17) is 21.1 Å². The van der Waals surface area contributed by atoms with Crippen LogP contribution in [-0.2, 0) is 10.0 Å². The van der Waals surface area contributed by atoms with Crippen LogP contribution in [0.2, 0.25) is 5.02 Å². The van der Waals surface area contributed by atoms with Gasteiger partial charge in [0.2, 0.25) is 0 Å². The minimum absolute atomic E-state index is 0.141. The summed E-state index contributed by atoms with van der Waals surface area (Å²) in [6.45, 7) is 0. The zero-order chi connectivity index (χ0) is 17.9. The summed E-state index contributed by atoms with van der Waals surface area (Å²) < 4.78 is 37.9. The van der Waals surface area contributed by atoms with Crippen LogP contribution in [0.15, 0.2) is 41.3 Å². The summed E-state index contributed by atoms with van der Waals surface area (Å²) in [6, 6.07) is 9.50. The molecule has 0 aromatic heterocycles. The Balaban J connectivity index is 2.37. The van der Waals surface area contributed by atoms with Gasteiger partial charge in [-0.1, -0.05) is 11.6 Å². The number of ether oxygens (including phenoxy) is 2. The number of benzene rings is 2. The summed E-state index contributed by atoms with van der Waals surface area (Å²) in [5, 5.41) is 0.277. The van der Waals surface area contributed by atoms with Gasteiger partial charge in [-0.15, -0.1) is 0 Å². The van der Waals surface area contributed by atoms with Crippen molar-refractivity contribution in [3.05, 3.63) is 41.4 Å². The van der Waals surface area contributed by atoms with E-state index in [1.807, 2.05) is 19.0 Å². The Morgan fingerprint density at radius 3 is 2.08 bits per heavy atom. The monoisotopic (exact) mass is 370 g/mol. The third-order valence-electron chi connectivity index (χ3n) is 3.38. The molecule has 0 aliphatic heterocycles. The fourth-order valence-corrected chi connectivity index (χ4v) is 3.37. The average Bonchev–Trinajstić information content (AvgIpc) is 2.55. The standard InChI is InChI=1S/C16H19ClN2O4S/c1-19(2)11-5-7-12(8-6-11)24(20,21)18-14-9-13(17)15(22-3)10-16(14)23-4/h5-10,18H,1-4H3. The maximum absolute atomic E-state index is 12.6. The van der Waals surface area contributed by atoms with Gasteiger partial charge in [0.25, 0.3) is 10.0 Å². The zero-order valence-corrected chi connectivity index (χ0v) is 15.4. The van der Waals surface area contributed by atoms with Crippen molar-refractivity contribution in [1.82, 2.24) is 0 Å². The largest absolute Gasteiger partial charge is 0.495 e. The Bertz CT molecular complexity index is 821. The molecule has 0 heterocycles. The summed E-state index contributed by atoms with van der Waals surface area (Å²) in [5.41, 5.74) is 1.14. The van der Waals surface area contributed by atoms with E-state index < -0.39 is 10.0 Å². The number of hydrogen-bond acceptors (Lipinski definition) is 5. The minimum atomic E-state index is -3.77. The van der Waals surface area contributed by atoms with Crippen molar-refractivity contribution < 1.29 is 17.9 Å². The number of anilines is 2. The lowest BCUT2D eigenvalue weighted by Crippen LogP contribution is -2.14. The Morgan fingerprint density at radius 2 is 1.58 bits per heavy atom. The minimum Gasteiger partial charge on any atom is -0.495 e. The predicted molar refractivity (Wildman–Crippen MR) is 96.1 cm³/mol. The van der Waals surface area contributed by atoms with E-state index in [9.17, 15) is 8.42 Å². The van der Waals surface area contributed by atoms with Crippen molar-refractivity contribution in [3.8, 4) is 11.5 Å². The van der Waals surface area contributed by atoms with Gasteiger partial charge in [0, 0.05) is 25.8 Å². The first-order chi connectivity index (χ1) is 11.3. The second kappa shape index (κ2) is 7.19. The van der Waals surface area contributed by atoms with Crippen molar-refractivity contribution in [2.75, 3.05) is 37.9 Å². The quantitative estimate of drug-likeness (QED) is 0.845. The maximum Gasteiger partial charge on any atom is 0.262 e. The molecule has 0 spiro atoms. The second-order valence-electron chi connectivity index (χ2n) is 5.18. The van der Waals surface area contributed by atoms with Crippen LogP contribution in [0.1, 0.15) is 0 Å². The first kappa shape index (κ1) is 18.2. The molecule has 0 aliphatic rings. The summed E-state index contributed by atoms with van der Waals surface area (Å²) in [5.74, 6) is 0.705. The number of methoxy groups -OCH3 is 2. The van der Waals surface area contributed by atoms with Crippen LogP contribution >= 0.6 is 11.6 Å². The first-order valence-corrected chi connectivity index (χ1v) is 8.86. The van der Waals surface area contributed by atoms with Crippen LogP contribution in [0.25, 0.3) is 0 Å². The summed E-state index contributed by atoms with van der Waals surface area (Å²) in [4.78, 5) is 2.03. The van der Waals surface area contributed by atoms with E-state index in [2.05, 4.69) is 4.72 Å². The molecular weight excluding hydrogens is 352 g/mol. The molecule has 0 fully saturated rings. The number of hydrogen-bond donors (Lipinski definition) is 1. The smallest absolute Gasteiger partial charge is 0.262 e. The second-order valence-corrected chi connectivity index (χ2v) is 7.27. The molecule has 0 radical (unpaired) electrons. The van der Waals surface area contributed by atoms with E-state index in [1.54, 1.807) is 12.1 Å². The Morgan fingerprint density at radius 1 is 1.00 bits per heavy atom. The van der Waals surface area contributed by atoms with E-state index in [0.29, 0.717) is 11.5 Å². The first-order valence-electron chi connectivity index (χ1n) is 7.00. The fourth-order valence-electron chi connectivity index (χ4n) is 2.07. The molecule has 0 atom stereocenters. The van der Waals surface area contributed by atoms with Crippen molar-refractivity contribution >= 4 is 33.0 Å². The molecule has 2 rings (SSSR count). The lowest BCUT2D eigenvalue weighted by atomic mass is 10.3. The molecule has 0 saturated heterocycles. The van der Waals surface area contributed by atoms with Gasteiger partial charge < -0.3 is 14.4 Å². The Kier molecular flexibility index (Phi) is 5.46. The summed E-state index contributed by atoms with van der Waals surface area (Å²) in [7, 11) is 2.90. The highest BCUT2D eigenvalue weighted by Gasteiger charge is 2.18. The SMILES string of the molecule is COc1cc(OC)c(NS(=O)(=O)c2ccc(N(C)C)cc2)cc1Cl. The highest BCUT2D eigenvalue weighted by Crippen LogP contribution is 2.37. The number of nitrogens with zero attached hydrogens (tertiary/aromatic N) is 1. The molecule has 1 N–H and O–H groups in total. The topological polar surface area (TPSA) is 67.9 Å². The highest BCUT2D eigenvalue weighted by atomic mass is 35.5. The number of nitrogens with one attached hydrogen (secondary N) is 1. The highest BCUT2D eigenvalue weighted by molar-refractivity contribution is 7.92.